The molecule has 0 radical (unpaired) electrons. The number of benzene rings is 2. The topological polar surface area (TPSA) is 91.3 Å². The van der Waals surface area contributed by atoms with Crippen LogP contribution in [-0.4, -0.2) is 54.9 Å². The van der Waals surface area contributed by atoms with E-state index in [1.165, 1.54) is 6.08 Å². The summed E-state index contributed by atoms with van der Waals surface area (Å²) in [7, 11) is 0. The number of esters is 2. The molecule has 2 aromatic carbocycles. The van der Waals surface area contributed by atoms with Gasteiger partial charge in [0.05, 0.1) is 24.3 Å². The van der Waals surface area contributed by atoms with Crippen LogP contribution in [0.2, 0.25) is 0 Å². The molecule has 0 saturated carbocycles. The first kappa shape index (κ1) is 20.7. The number of ether oxygens (including phenoxy) is 4. The first-order valence-corrected chi connectivity index (χ1v) is 9.14. The molecule has 0 bridgehead atoms. The van der Waals surface area contributed by atoms with E-state index in [2.05, 4.69) is 6.58 Å². The maximum absolute atomic E-state index is 12.5. The minimum Gasteiger partial charge on any atom is -0.453 e. The molecule has 7 heteroatoms. The Hall–Kier alpha value is -3.00. The second kappa shape index (κ2) is 9.97. The highest BCUT2D eigenvalue weighted by atomic mass is 16.7. The fraction of sp³-hybridized carbons (Fsp3) is 0.273. The van der Waals surface area contributed by atoms with Crippen LogP contribution in [0.4, 0.5) is 0 Å². The molecule has 1 heterocycles. The quantitative estimate of drug-likeness (QED) is 0.565. The van der Waals surface area contributed by atoms with Gasteiger partial charge in [0.1, 0.15) is 6.10 Å². The number of hydrogen-bond donors (Lipinski definition) is 1. The molecule has 0 spiro atoms. The zero-order valence-corrected chi connectivity index (χ0v) is 15.7. The fourth-order valence-corrected chi connectivity index (χ4v) is 2.84. The Labute approximate surface area is 168 Å². The first-order chi connectivity index (χ1) is 14.1. The maximum atomic E-state index is 12.5. The van der Waals surface area contributed by atoms with Crippen LogP contribution in [0.25, 0.3) is 0 Å². The Bertz CT molecular complexity index is 822. The van der Waals surface area contributed by atoms with Gasteiger partial charge in [-0.1, -0.05) is 42.5 Å². The van der Waals surface area contributed by atoms with Gasteiger partial charge in [-0.25, -0.2) is 9.59 Å². The second-order valence-electron chi connectivity index (χ2n) is 6.36. The molecule has 1 saturated heterocycles. The van der Waals surface area contributed by atoms with Crippen LogP contribution in [0.1, 0.15) is 20.7 Å². The van der Waals surface area contributed by atoms with Crippen molar-refractivity contribution in [3.63, 3.8) is 0 Å². The van der Waals surface area contributed by atoms with Crippen LogP contribution < -0.4 is 0 Å². The van der Waals surface area contributed by atoms with Crippen molar-refractivity contribution in [2.45, 2.75) is 24.6 Å². The van der Waals surface area contributed by atoms with Crippen LogP contribution in [0.15, 0.2) is 73.3 Å². The van der Waals surface area contributed by atoms with Crippen molar-refractivity contribution in [3.8, 4) is 0 Å². The lowest BCUT2D eigenvalue weighted by Gasteiger charge is -2.38. The molecule has 2 aromatic rings. The Morgan fingerprint density at radius 3 is 2.10 bits per heavy atom. The largest absolute Gasteiger partial charge is 0.453 e. The molecule has 0 aliphatic carbocycles. The van der Waals surface area contributed by atoms with Gasteiger partial charge >= 0.3 is 11.9 Å². The summed E-state index contributed by atoms with van der Waals surface area (Å²) in [4.78, 5) is 24.8. The predicted molar refractivity (Wildman–Crippen MR) is 103 cm³/mol. The molecule has 0 aromatic heterocycles. The van der Waals surface area contributed by atoms with Gasteiger partial charge in [-0.2, -0.15) is 0 Å². The van der Waals surface area contributed by atoms with Gasteiger partial charge in [0, 0.05) is 0 Å². The number of aliphatic hydroxyl groups is 1. The SMILES string of the molecule is C=CCO[C@H]1OC[C@@H](OC(=O)c2ccccc2)[C@H](O)[C@H]1OC(=O)c1ccccc1. The van der Waals surface area contributed by atoms with E-state index in [4.69, 9.17) is 18.9 Å². The van der Waals surface area contributed by atoms with E-state index in [1.54, 1.807) is 60.7 Å². The third kappa shape index (κ3) is 5.29. The Balaban J connectivity index is 1.72. The smallest absolute Gasteiger partial charge is 0.338 e. The van der Waals surface area contributed by atoms with Crippen molar-refractivity contribution in [2.24, 2.45) is 0 Å². The van der Waals surface area contributed by atoms with Crippen molar-refractivity contribution in [1.82, 2.24) is 0 Å². The standard InChI is InChI=1S/C22H22O7/c1-2-13-26-22-19(29-21(25)16-11-7-4-8-12-16)18(23)17(14-27-22)28-20(24)15-9-5-3-6-10-15/h2-12,17-19,22-23H,1,13-14H2/t17-,18+,19-,22+/m1/s1. The average Bonchev–Trinajstić information content (AvgIpc) is 2.77. The molecular weight excluding hydrogens is 376 g/mol. The van der Waals surface area contributed by atoms with Crippen LogP contribution in [-0.2, 0) is 18.9 Å². The van der Waals surface area contributed by atoms with E-state index in [0.29, 0.717) is 11.1 Å². The zero-order chi connectivity index (χ0) is 20.6. The minimum atomic E-state index is -1.33. The van der Waals surface area contributed by atoms with Gasteiger partial charge in [-0.15, -0.1) is 6.58 Å². The highest BCUT2D eigenvalue weighted by molar-refractivity contribution is 5.90. The third-order valence-electron chi connectivity index (χ3n) is 4.31. The van der Waals surface area contributed by atoms with Gasteiger partial charge in [0.25, 0.3) is 0 Å². The summed E-state index contributed by atoms with van der Waals surface area (Å²) >= 11 is 0. The highest BCUT2D eigenvalue weighted by Crippen LogP contribution is 2.24. The number of carbonyl (C=O) groups excluding carboxylic acids is 2. The highest BCUT2D eigenvalue weighted by Gasteiger charge is 2.45. The van der Waals surface area contributed by atoms with Crippen LogP contribution in [0, 0.1) is 0 Å². The lowest BCUT2D eigenvalue weighted by Crippen LogP contribution is -2.56. The van der Waals surface area contributed by atoms with Crippen LogP contribution in [0.3, 0.4) is 0 Å². The number of carbonyl (C=O) groups is 2. The van der Waals surface area contributed by atoms with E-state index in [0.717, 1.165) is 0 Å². The Morgan fingerprint density at radius 2 is 1.55 bits per heavy atom. The van der Waals surface area contributed by atoms with Gasteiger partial charge < -0.3 is 24.1 Å². The molecule has 1 aliphatic rings. The first-order valence-electron chi connectivity index (χ1n) is 9.14. The van der Waals surface area contributed by atoms with Gasteiger partial charge in [0.2, 0.25) is 0 Å². The molecule has 1 fully saturated rings. The van der Waals surface area contributed by atoms with Gasteiger partial charge in [-0.3, -0.25) is 0 Å². The van der Waals surface area contributed by atoms with Crippen molar-refractivity contribution in [3.05, 3.63) is 84.4 Å². The molecule has 1 aliphatic heterocycles. The van der Waals surface area contributed by atoms with Gasteiger partial charge in [-0.05, 0) is 24.3 Å². The third-order valence-corrected chi connectivity index (χ3v) is 4.31. The summed E-state index contributed by atoms with van der Waals surface area (Å²) in [6.07, 6.45) is -3.07. The molecular formula is C22H22O7. The lowest BCUT2D eigenvalue weighted by atomic mass is 10.0. The zero-order valence-electron chi connectivity index (χ0n) is 15.7. The maximum Gasteiger partial charge on any atom is 0.338 e. The molecule has 7 nitrogen and oxygen atoms in total. The van der Waals surface area contributed by atoms with Crippen molar-refractivity contribution < 1.29 is 33.6 Å². The summed E-state index contributed by atoms with van der Waals surface area (Å²) in [6.45, 7) is 3.59. The minimum absolute atomic E-state index is 0.110. The summed E-state index contributed by atoms with van der Waals surface area (Å²) < 4.78 is 21.9. The molecule has 1 N–H and O–H groups in total. The molecule has 0 unspecified atom stereocenters. The second-order valence-corrected chi connectivity index (χ2v) is 6.36. The summed E-state index contributed by atoms with van der Waals surface area (Å²) in [5, 5.41) is 10.7. The average molecular weight is 398 g/mol. The Morgan fingerprint density at radius 1 is 1.00 bits per heavy atom. The number of hydrogen-bond acceptors (Lipinski definition) is 7. The van der Waals surface area contributed by atoms with E-state index in [-0.39, 0.29) is 13.2 Å². The van der Waals surface area contributed by atoms with E-state index in [9.17, 15) is 14.7 Å². The molecule has 4 atom stereocenters. The van der Waals surface area contributed by atoms with E-state index < -0.39 is 36.5 Å². The number of aliphatic hydroxyl groups excluding tert-OH is 1. The summed E-state index contributed by atoms with van der Waals surface area (Å²) in [5.74, 6) is -1.27. The summed E-state index contributed by atoms with van der Waals surface area (Å²) in [5.41, 5.74) is 0.646. The number of rotatable bonds is 7. The van der Waals surface area contributed by atoms with Crippen molar-refractivity contribution in [1.29, 1.82) is 0 Å². The molecule has 29 heavy (non-hydrogen) atoms. The predicted octanol–water partition coefficient (Wildman–Crippen LogP) is 2.36. The molecule has 3 rings (SSSR count). The van der Waals surface area contributed by atoms with E-state index in [1.807, 2.05) is 0 Å². The normalized spacial score (nSPS) is 23.8. The molecule has 152 valence electrons. The Kier molecular flexibility index (Phi) is 7.13. The monoisotopic (exact) mass is 398 g/mol. The fourth-order valence-electron chi connectivity index (χ4n) is 2.84. The van der Waals surface area contributed by atoms with Crippen LogP contribution in [0.5, 0.6) is 0 Å². The molecule has 0 amide bonds. The lowest BCUT2D eigenvalue weighted by molar-refractivity contribution is -0.265. The van der Waals surface area contributed by atoms with Crippen molar-refractivity contribution in [2.75, 3.05) is 13.2 Å². The van der Waals surface area contributed by atoms with Crippen LogP contribution >= 0.6 is 0 Å². The van der Waals surface area contributed by atoms with Gasteiger partial charge in [0.15, 0.2) is 18.5 Å². The summed E-state index contributed by atoms with van der Waals surface area (Å²) in [6, 6.07) is 16.7. The van der Waals surface area contributed by atoms with E-state index >= 15 is 0 Å². The van der Waals surface area contributed by atoms with Crippen molar-refractivity contribution >= 4 is 11.9 Å².